The third-order valence-corrected chi connectivity index (χ3v) is 4.52. The number of nitrogens with one attached hydrogen (secondary N) is 1. The highest BCUT2D eigenvalue weighted by atomic mass is 16.5. The molecule has 1 heterocycles. The largest absolute Gasteiger partial charge is 0.339 e. The molecule has 2 aromatic rings. The smallest absolute Gasteiger partial charge is 0.231 e. The van der Waals surface area contributed by atoms with Crippen LogP contribution in [-0.2, 0) is 6.42 Å². The summed E-state index contributed by atoms with van der Waals surface area (Å²) in [5.41, 5.74) is 2.75. The Bertz CT molecular complexity index is 608. The van der Waals surface area contributed by atoms with Crippen molar-refractivity contribution in [3.05, 3.63) is 47.1 Å². The first-order valence-corrected chi connectivity index (χ1v) is 7.89. The Labute approximate surface area is 126 Å². The van der Waals surface area contributed by atoms with Crippen LogP contribution in [0.1, 0.15) is 61.9 Å². The monoisotopic (exact) mass is 285 g/mol. The standard InChI is InChI=1S/C17H23N3O/c1-4-15(18-5-2)11(3)17-19-16(20-21-17)14-10-12-8-6-7-9-13(12)14/h6-9,11,14-15,18H,4-5,10H2,1-3H3. The van der Waals surface area contributed by atoms with Crippen LogP contribution in [0.5, 0.6) is 0 Å². The van der Waals surface area contributed by atoms with Gasteiger partial charge in [0, 0.05) is 6.04 Å². The first-order valence-electron chi connectivity index (χ1n) is 7.89. The van der Waals surface area contributed by atoms with E-state index in [-0.39, 0.29) is 5.92 Å². The number of aromatic nitrogens is 2. The fourth-order valence-corrected chi connectivity index (χ4v) is 3.17. The van der Waals surface area contributed by atoms with Gasteiger partial charge in [0.05, 0.1) is 11.8 Å². The van der Waals surface area contributed by atoms with Crippen LogP contribution in [0.3, 0.4) is 0 Å². The van der Waals surface area contributed by atoms with Gasteiger partial charge in [0.25, 0.3) is 0 Å². The molecule has 0 saturated heterocycles. The Morgan fingerprint density at radius 2 is 2.14 bits per heavy atom. The summed E-state index contributed by atoms with van der Waals surface area (Å²) in [5, 5.41) is 7.71. The lowest BCUT2D eigenvalue weighted by Gasteiger charge is -2.27. The summed E-state index contributed by atoms with van der Waals surface area (Å²) >= 11 is 0. The highest BCUT2D eigenvalue weighted by Gasteiger charge is 2.32. The van der Waals surface area contributed by atoms with E-state index in [2.05, 4.69) is 60.5 Å². The molecule has 1 aromatic carbocycles. The van der Waals surface area contributed by atoms with Gasteiger partial charge in [-0.15, -0.1) is 0 Å². The molecular weight excluding hydrogens is 262 g/mol. The fourth-order valence-electron chi connectivity index (χ4n) is 3.17. The van der Waals surface area contributed by atoms with Gasteiger partial charge >= 0.3 is 0 Å². The van der Waals surface area contributed by atoms with E-state index in [4.69, 9.17) is 4.52 Å². The normalized spacial score (nSPS) is 19.7. The first-order chi connectivity index (χ1) is 10.2. The lowest BCUT2D eigenvalue weighted by molar-refractivity contribution is 0.318. The molecule has 4 heteroatoms. The number of nitrogens with zero attached hydrogens (tertiary/aromatic N) is 2. The number of fused-ring (bicyclic) bond motifs is 1. The highest BCUT2D eigenvalue weighted by Crippen LogP contribution is 2.38. The maximum atomic E-state index is 5.53. The average molecular weight is 285 g/mol. The highest BCUT2D eigenvalue weighted by molar-refractivity contribution is 5.43. The number of benzene rings is 1. The average Bonchev–Trinajstić information content (AvgIpc) is 2.94. The van der Waals surface area contributed by atoms with Crippen molar-refractivity contribution >= 4 is 0 Å². The SMILES string of the molecule is CCNC(CC)C(C)c1nc(C2Cc3ccccc32)no1. The predicted molar refractivity (Wildman–Crippen MR) is 82.5 cm³/mol. The topological polar surface area (TPSA) is 51.0 Å². The quantitative estimate of drug-likeness (QED) is 0.885. The van der Waals surface area contributed by atoms with Crippen LogP contribution in [0.15, 0.2) is 28.8 Å². The summed E-state index contributed by atoms with van der Waals surface area (Å²) in [5.74, 6) is 2.14. The van der Waals surface area contributed by atoms with Gasteiger partial charge < -0.3 is 9.84 Å². The van der Waals surface area contributed by atoms with Crippen molar-refractivity contribution in [1.29, 1.82) is 0 Å². The molecule has 1 aliphatic rings. The molecule has 3 rings (SSSR count). The van der Waals surface area contributed by atoms with Gasteiger partial charge in [-0.3, -0.25) is 0 Å². The molecule has 0 fully saturated rings. The number of hydrogen-bond acceptors (Lipinski definition) is 4. The van der Waals surface area contributed by atoms with Crippen molar-refractivity contribution in [3.8, 4) is 0 Å². The zero-order valence-corrected chi connectivity index (χ0v) is 13.0. The molecule has 0 amide bonds. The summed E-state index contributed by atoms with van der Waals surface area (Å²) in [7, 11) is 0. The van der Waals surface area contributed by atoms with Crippen LogP contribution >= 0.6 is 0 Å². The Hall–Kier alpha value is -1.68. The van der Waals surface area contributed by atoms with E-state index in [9.17, 15) is 0 Å². The molecule has 0 bridgehead atoms. The van der Waals surface area contributed by atoms with Crippen LogP contribution in [0.4, 0.5) is 0 Å². The Balaban J connectivity index is 1.76. The van der Waals surface area contributed by atoms with Crippen LogP contribution in [0.25, 0.3) is 0 Å². The van der Waals surface area contributed by atoms with Crippen molar-refractivity contribution in [2.24, 2.45) is 0 Å². The van der Waals surface area contributed by atoms with Crippen LogP contribution < -0.4 is 5.32 Å². The molecular formula is C17H23N3O. The van der Waals surface area contributed by atoms with Gasteiger partial charge in [-0.2, -0.15) is 4.98 Å². The summed E-state index contributed by atoms with van der Waals surface area (Å²) in [4.78, 5) is 4.66. The lowest BCUT2D eigenvalue weighted by atomic mass is 9.77. The van der Waals surface area contributed by atoms with Gasteiger partial charge in [0.1, 0.15) is 0 Å². The zero-order chi connectivity index (χ0) is 14.8. The van der Waals surface area contributed by atoms with Gasteiger partial charge in [-0.1, -0.05) is 50.2 Å². The van der Waals surface area contributed by atoms with Crippen molar-refractivity contribution in [2.45, 2.75) is 51.5 Å². The molecule has 1 aliphatic carbocycles. The minimum Gasteiger partial charge on any atom is -0.339 e. The van der Waals surface area contributed by atoms with Gasteiger partial charge in [0.2, 0.25) is 5.89 Å². The predicted octanol–water partition coefficient (Wildman–Crippen LogP) is 3.25. The molecule has 0 spiro atoms. The van der Waals surface area contributed by atoms with E-state index in [0.717, 1.165) is 31.1 Å². The second-order valence-electron chi connectivity index (χ2n) is 5.81. The molecule has 1 aromatic heterocycles. The van der Waals surface area contributed by atoms with E-state index >= 15 is 0 Å². The van der Waals surface area contributed by atoms with Crippen molar-refractivity contribution in [1.82, 2.24) is 15.5 Å². The van der Waals surface area contributed by atoms with Crippen molar-refractivity contribution in [3.63, 3.8) is 0 Å². The molecule has 3 atom stereocenters. The summed E-state index contributed by atoms with van der Waals surface area (Å²) < 4.78 is 5.53. The first kappa shape index (κ1) is 14.3. The van der Waals surface area contributed by atoms with Crippen LogP contribution in [-0.4, -0.2) is 22.7 Å². The van der Waals surface area contributed by atoms with E-state index in [0.29, 0.717) is 12.0 Å². The maximum absolute atomic E-state index is 5.53. The van der Waals surface area contributed by atoms with Crippen LogP contribution in [0.2, 0.25) is 0 Å². The van der Waals surface area contributed by atoms with E-state index < -0.39 is 0 Å². The van der Waals surface area contributed by atoms with Gasteiger partial charge in [0.15, 0.2) is 5.82 Å². The number of hydrogen-bond donors (Lipinski definition) is 1. The minimum atomic E-state index is 0.242. The van der Waals surface area contributed by atoms with Crippen molar-refractivity contribution < 1.29 is 4.52 Å². The van der Waals surface area contributed by atoms with Crippen LogP contribution in [0, 0.1) is 0 Å². The van der Waals surface area contributed by atoms with E-state index in [1.165, 1.54) is 11.1 Å². The Morgan fingerprint density at radius 3 is 2.86 bits per heavy atom. The van der Waals surface area contributed by atoms with Crippen molar-refractivity contribution in [2.75, 3.05) is 6.54 Å². The molecule has 112 valence electrons. The molecule has 4 nitrogen and oxygen atoms in total. The zero-order valence-electron chi connectivity index (χ0n) is 13.0. The number of likely N-dealkylation sites (N-methyl/N-ethyl adjacent to an activating group) is 1. The molecule has 3 unspecified atom stereocenters. The van der Waals surface area contributed by atoms with E-state index in [1.54, 1.807) is 0 Å². The fraction of sp³-hybridized carbons (Fsp3) is 0.529. The Morgan fingerprint density at radius 1 is 1.33 bits per heavy atom. The third kappa shape index (κ3) is 2.60. The van der Waals surface area contributed by atoms with Gasteiger partial charge in [-0.25, -0.2) is 0 Å². The Kier molecular flexibility index (Phi) is 4.06. The summed E-state index contributed by atoms with van der Waals surface area (Å²) in [6.07, 6.45) is 2.08. The summed E-state index contributed by atoms with van der Waals surface area (Å²) in [6, 6.07) is 8.88. The second-order valence-corrected chi connectivity index (χ2v) is 5.81. The maximum Gasteiger partial charge on any atom is 0.231 e. The number of rotatable bonds is 6. The lowest BCUT2D eigenvalue weighted by Crippen LogP contribution is -2.33. The summed E-state index contributed by atoms with van der Waals surface area (Å²) in [6.45, 7) is 7.42. The molecule has 21 heavy (non-hydrogen) atoms. The van der Waals surface area contributed by atoms with Gasteiger partial charge in [-0.05, 0) is 30.5 Å². The van der Waals surface area contributed by atoms with E-state index in [1.807, 2.05) is 0 Å². The molecule has 0 radical (unpaired) electrons. The molecule has 1 N–H and O–H groups in total. The minimum absolute atomic E-state index is 0.242. The molecule has 0 aliphatic heterocycles. The third-order valence-electron chi connectivity index (χ3n) is 4.52. The second kappa shape index (κ2) is 5.98. The molecule has 0 saturated carbocycles.